The summed E-state index contributed by atoms with van der Waals surface area (Å²) in [5.74, 6) is -1.33. The molecule has 19 heavy (non-hydrogen) atoms. The van der Waals surface area contributed by atoms with Crippen molar-refractivity contribution in [2.75, 3.05) is 19.8 Å². The van der Waals surface area contributed by atoms with Gasteiger partial charge in [-0.05, 0) is 40.5 Å². The Labute approximate surface area is 119 Å². The number of aliphatic carboxylic acids is 1. The molecular formula is C13H14BrNO4. The van der Waals surface area contributed by atoms with Crippen molar-refractivity contribution in [1.82, 2.24) is 4.90 Å². The molecule has 1 heterocycles. The second kappa shape index (κ2) is 5.71. The van der Waals surface area contributed by atoms with Crippen molar-refractivity contribution >= 4 is 27.8 Å². The van der Waals surface area contributed by atoms with Gasteiger partial charge in [0.2, 0.25) is 0 Å². The first-order valence-electron chi connectivity index (χ1n) is 5.88. The van der Waals surface area contributed by atoms with Crippen molar-refractivity contribution in [1.29, 1.82) is 0 Å². The highest BCUT2D eigenvalue weighted by molar-refractivity contribution is 9.10. The van der Waals surface area contributed by atoms with Gasteiger partial charge in [-0.15, -0.1) is 0 Å². The lowest BCUT2D eigenvalue weighted by molar-refractivity contribution is -0.147. The standard InChI is InChI=1S/C13H14BrNO4/c1-8-2-3-9(10(14)6-8)12(16)15-4-5-19-7-11(15)13(17)18/h2-3,6,11H,4-5,7H2,1H3,(H,17,18). The highest BCUT2D eigenvalue weighted by Crippen LogP contribution is 2.22. The highest BCUT2D eigenvalue weighted by atomic mass is 79.9. The molecule has 2 rings (SSSR count). The lowest BCUT2D eigenvalue weighted by atomic mass is 10.1. The Bertz CT molecular complexity index is 517. The molecule has 1 unspecified atom stereocenters. The van der Waals surface area contributed by atoms with Gasteiger partial charge in [0.05, 0.1) is 18.8 Å². The van der Waals surface area contributed by atoms with Crippen LogP contribution in [0.1, 0.15) is 15.9 Å². The number of carboxylic acid groups (broad SMARTS) is 1. The van der Waals surface area contributed by atoms with Gasteiger partial charge in [0.15, 0.2) is 6.04 Å². The van der Waals surface area contributed by atoms with Crippen LogP contribution in [0.4, 0.5) is 0 Å². The Hall–Kier alpha value is -1.40. The smallest absolute Gasteiger partial charge is 0.328 e. The third kappa shape index (κ3) is 2.96. The van der Waals surface area contributed by atoms with E-state index >= 15 is 0 Å². The summed E-state index contributed by atoms with van der Waals surface area (Å²) in [6, 6.07) is 4.45. The molecule has 0 saturated carbocycles. The molecule has 1 aliphatic heterocycles. The first-order valence-corrected chi connectivity index (χ1v) is 6.67. The molecule has 1 aromatic rings. The van der Waals surface area contributed by atoms with E-state index in [1.807, 2.05) is 19.1 Å². The lowest BCUT2D eigenvalue weighted by Gasteiger charge is -2.33. The summed E-state index contributed by atoms with van der Waals surface area (Å²) in [6.07, 6.45) is 0. The van der Waals surface area contributed by atoms with Crippen molar-refractivity contribution in [3.05, 3.63) is 33.8 Å². The molecule has 1 N–H and O–H groups in total. The molecule has 1 amide bonds. The van der Waals surface area contributed by atoms with E-state index in [2.05, 4.69) is 15.9 Å². The number of carboxylic acids is 1. The van der Waals surface area contributed by atoms with Gasteiger partial charge >= 0.3 is 5.97 Å². The summed E-state index contributed by atoms with van der Waals surface area (Å²) in [6.45, 7) is 2.60. The SMILES string of the molecule is Cc1ccc(C(=O)N2CCOCC2C(=O)O)c(Br)c1. The highest BCUT2D eigenvalue weighted by Gasteiger charge is 2.33. The lowest BCUT2D eigenvalue weighted by Crippen LogP contribution is -2.52. The van der Waals surface area contributed by atoms with Gasteiger partial charge in [-0.25, -0.2) is 4.79 Å². The van der Waals surface area contributed by atoms with Crippen molar-refractivity contribution < 1.29 is 19.4 Å². The van der Waals surface area contributed by atoms with Crippen molar-refractivity contribution in [2.45, 2.75) is 13.0 Å². The number of amides is 1. The van der Waals surface area contributed by atoms with E-state index in [1.54, 1.807) is 6.07 Å². The quantitative estimate of drug-likeness (QED) is 0.897. The Morgan fingerprint density at radius 2 is 2.21 bits per heavy atom. The van der Waals surface area contributed by atoms with Gasteiger partial charge in [0.25, 0.3) is 5.91 Å². The third-order valence-corrected chi connectivity index (χ3v) is 3.69. The van der Waals surface area contributed by atoms with Crippen LogP contribution in [0, 0.1) is 6.92 Å². The zero-order chi connectivity index (χ0) is 14.0. The number of benzene rings is 1. The van der Waals surface area contributed by atoms with Crippen LogP contribution in [0.25, 0.3) is 0 Å². The minimum atomic E-state index is -1.05. The van der Waals surface area contributed by atoms with E-state index in [0.717, 1.165) is 5.56 Å². The second-order valence-corrected chi connectivity index (χ2v) is 5.27. The largest absolute Gasteiger partial charge is 0.480 e. The maximum absolute atomic E-state index is 12.4. The number of hydrogen-bond acceptors (Lipinski definition) is 3. The zero-order valence-corrected chi connectivity index (χ0v) is 12.0. The Morgan fingerprint density at radius 3 is 2.84 bits per heavy atom. The topological polar surface area (TPSA) is 66.8 Å². The Morgan fingerprint density at radius 1 is 1.47 bits per heavy atom. The zero-order valence-electron chi connectivity index (χ0n) is 10.4. The molecule has 102 valence electrons. The number of hydrogen-bond donors (Lipinski definition) is 1. The van der Waals surface area contributed by atoms with Crippen molar-refractivity contribution in [3.63, 3.8) is 0 Å². The van der Waals surface area contributed by atoms with Crippen LogP contribution in [0.15, 0.2) is 22.7 Å². The fourth-order valence-electron chi connectivity index (χ4n) is 2.00. The Kier molecular flexibility index (Phi) is 4.21. The minimum absolute atomic E-state index is 0.0323. The van der Waals surface area contributed by atoms with Crippen LogP contribution in [-0.4, -0.2) is 47.7 Å². The molecule has 0 aromatic heterocycles. The summed E-state index contributed by atoms with van der Waals surface area (Å²) in [4.78, 5) is 24.9. The fraction of sp³-hybridized carbons (Fsp3) is 0.385. The number of carbonyl (C=O) groups excluding carboxylic acids is 1. The first-order chi connectivity index (χ1) is 9.00. The maximum Gasteiger partial charge on any atom is 0.328 e. The first kappa shape index (κ1) is 14.0. The van der Waals surface area contributed by atoms with Crippen molar-refractivity contribution in [3.8, 4) is 0 Å². The third-order valence-electron chi connectivity index (χ3n) is 3.03. The summed E-state index contributed by atoms with van der Waals surface area (Å²) in [7, 11) is 0. The number of rotatable bonds is 2. The van der Waals surface area contributed by atoms with E-state index in [4.69, 9.17) is 9.84 Å². The van der Waals surface area contributed by atoms with Crippen LogP contribution in [0.5, 0.6) is 0 Å². The summed E-state index contributed by atoms with van der Waals surface area (Å²) in [5, 5.41) is 9.13. The van der Waals surface area contributed by atoms with E-state index in [-0.39, 0.29) is 19.1 Å². The monoisotopic (exact) mass is 327 g/mol. The van der Waals surface area contributed by atoms with Crippen molar-refractivity contribution in [2.24, 2.45) is 0 Å². The van der Waals surface area contributed by atoms with Gasteiger partial charge in [-0.3, -0.25) is 4.79 Å². The van der Waals surface area contributed by atoms with Gasteiger partial charge in [-0.2, -0.15) is 0 Å². The molecule has 1 aliphatic rings. The van der Waals surface area contributed by atoms with Gasteiger partial charge in [-0.1, -0.05) is 6.07 Å². The number of ether oxygens (including phenoxy) is 1. The molecule has 5 nitrogen and oxygen atoms in total. The van der Waals surface area contributed by atoms with Gasteiger partial charge < -0.3 is 14.7 Å². The minimum Gasteiger partial charge on any atom is -0.480 e. The van der Waals surface area contributed by atoms with Gasteiger partial charge in [0.1, 0.15) is 0 Å². The molecule has 0 aliphatic carbocycles. The molecule has 6 heteroatoms. The van der Waals surface area contributed by atoms with Crippen LogP contribution in [0.2, 0.25) is 0 Å². The molecular weight excluding hydrogens is 314 g/mol. The van der Waals surface area contributed by atoms with E-state index in [9.17, 15) is 9.59 Å². The summed E-state index contributed by atoms with van der Waals surface area (Å²) >= 11 is 3.35. The summed E-state index contributed by atoms with van der Waals surface area (Å²) in [5.41, 5.74) is 1.50. The van der Waals surface area contributed by atoms with E-state index in [1.165, 1.54) is 4.90 Å². The molecule has 0 bridgehead atoms. The van der Waals surface area contributed by atoms with E-state index < -0.39 is 12.0 Å². The molecule has 1 fully saturated rings. The number of halogens is 1. The van der Waals surface area contributed by atoms with Crippen LogP contribution in [-0.2, 0) is 9.53 Å². The molecule has 1 saturated heterocycles. The average molecular weight is 328 g/mol. The number of aryl methyl sites for hydroxylation is 1. The molecule has 1 aromatic carbocycles. The molecule has 0 radical (unpaired) electrons. The Balaban J connectivity index is 2.28. The second-order valence-electron chi connectivity index (χ2n) is 4.41. The normalized spacial score (nSPS) is 19.3. The number of carbonyl (C=O) groups is 2. The number of morpholine rings is 1. The maximum atomic E-state index is 12.4. The van der Waals surface area contributed by atoms with Crippen LogP contribution < -0.4 is 0 Å². The summed E-state index contributed by atoms with van der Waals surface area (Å²) < 4.78 is 5.80. The predicted molar refractivity (Wildman–Crippen MR) is 72.2 cm³/mol. The number of nitrogens with zero attached hydrogens (tertiary/aromatic N) is 1. The fourth-order valence-corrected chi connectivity index (χ4v) is 2.66. The average Bonchev–Trinajstić information content (AvgIpc) is 2.38. The van der Waals surface area contributed by atoms with Crippen LogP contribution in [0.3, 0.4) is 0 Å². The van der Waals surface area contributed by atoms with Gasteiger partial charge in [0, 0.05) is 11.0 Å². The van der Waals surface area contributed by atoms with E-state index in [0.29, 0.717) is 16.6 Å². The molecule has 1 atom stereocenters. The predicted octanol–water partition coefficient (Wildman–Crippen LogP) is 1.68. The molecule has 0 spiro atoms. The van der Waals surface area contributed by atoms with Crippen LogP contribution >= 0.6 is 15.9 Å².